The largest absolute Gasteiger partial charge is 0.489 e. The Balaban J connectivity index is 2.58. The molecule has 0 bridgehead atoms. The Labute approximate surface area is 155 Å². The number of carbonyl (C=O) groups is 1. The summed E-state index contributed by atoms with van der Waals surface area (Å²) < 4.78 is 32.0. The van der Waals surface area contributed by atoms with Gasteiger partial charge in [0, 0.05) is 12.1 Å². The molecule has 0 radical (unpaired) electrons. The fourth-order valence-electron chi connectivity index (χ4n) is 2.27. The molecule has 0 aliphatic carbocycles. The first kappa shape index (κ1) is 19.9. The summed E-state index contributed by atoms with van der Waals surface area (Å²) in [7, 11) is -4.53. The van der Waals surface area contributed by atoms with Crippen LogP contribution in [0.3, 0.4) is 0 Å². The van der Waals surface area contributed by atoms with Crippen molar-refractivity contribution < 1.29 is 28.0 Å². The third kappa shape index (κ3) is 4.61. The predicted octanol–water partition coefficient (Wildman–Crippen LogP) is 2.44. The Morgan fingerprint density at radius 1 is 1.26 bits per heavy atom. The number of nitro benzene ring substituents is 1. The molecule has 0 fully saturated rings. The lowest BCUT2D eigenvalue weighted by Crippen LogP contribution is -2.36. The van der Waals surface area contributed by atoms with Crippen molar-refractivity contribution in [1.29, 1.82) is 0 Å². The number of para-hydroxylation sites is 1. The van der Waals surface area contributed by atoms with Gasteiger partial charge in [0.1, 0.15) is 18.9 Å². The minimum atomic E-state index is -4.53. The third-order valence-corrected chi connectivity index (χ3v) is 5.20. The Morgan fingerprint density at radius 2 is 1.96 bits per heavy atom. The number of carboxylic acid groups (broad SMARTS) is 1. The van der Waals surface area contributed by atoms with Crippen molar-refractivity contribution in [2.75, 3.05) is 17.5 Å². The maximum absolute atomic E-state index is 13.0. The molecule has 0 amide bonds. The molecular formula is C17H16N2O7S. The molecule has 10 heteroatoms. The number of hydrogen-bond donors (Lipinski definition) is 1. The first-order valence-electron chi connectivity index (χ1n) is 7.59. The van der Waals surface area contributed by atoms with E-state index in [1.54, 1.807) is 6.07 Å². The van der Waals surface area contributed by atoms with Crippen LogP contribution in [0.15, 0.2) is 66.1 Å². The van der Waals surface area contributed by atoms with Crippen LogP contribution in [0.5, 0.6) is 5.75 Å². The highest BCUT2D eigenvalue weighted by Crippen LogP contribution is 2.31. The number of hydrogen-bond acceptors (Lipinski definition) is 6. The standard InChI is InChI=1S/C17H16N2O7S/c1-2-10-26-14-7-5-6-13(11-14)18(12-17(20)21)27(24,25)16-9-4-3-8-15(16)19(22)23/h2-9,11H,1,10,12H2,(H,20,21). The highest BCUT2D eigenvalue weighted by molar-refractivity contribution is 7.93. The molecule has 0 saturated heterocycles. The van der Waals surface area contributed by atoms with Crippen LogP contribution in [0, 0.1) is 10.1 Å². The normalized spacial score (nSPS) is 10.8. The van der Waals surface area contributed by atoms with Gasteiger partial charge in [0.05, 0.1) is 10.6 Å². The number of carboxylic acids is 1. The Kier molecular flexibility index (Phi) is 6.14. The average Bonchev–Trinajstić information content (AvgIpc) is 2.64. The topological polar surface area (TPSA) is 127 Å². The zero-order valence-corrected chi connectivity index (χ0v) is 14.8. The molecule has 0 unspecified atom stereocenters. The molecule has 0 aliphatic rings. The van der Waals surface area contributed by atoms with Crippen LogP contribution < -0.4 is 9.04 Å². The highest BCUT2D eigenvalue weighted by atomic mass is 32.2. The van der Waals surface area contributed by atoms with E-state index in [0.717, 1.165) is 12.1 Å². The van der Waals surface area contributed by atoms with E-state index in [1.807, 2.05) is 0 Å². The van der Waals surface area contributed by atoms with Crippen LogP contribution in [0.4, 0.5) is 11.4 Å². The van der Waals surface area contributed by atoms with Crippen molar-refractivity contribution in [3.05, 3.63) is 71.3 Å². The number of ether oxygens (including phenoxy) is 1. The number of anilines is 1. The second kappa shape index (κ2) is 8.32. The molecule has 0 aromatic heterocycles. The fourth-order valence-corrected chi connectivity index (χ4v) is 3.83. The number of nitro groups is 1. The summed E-state index contributed by atoms with van der Waals surface area (Å²) in [5.74, 6) is -1.13. The Morgan fingerprint density at radius 3 is 2.59 bits per heavy atom. The van der Waals surface area contributed by atoms with Crippen molar-refractivity contribution in [3.63, 3.8) is 0 Å². The molecule has 0 spiro atoms. The molecule has 2 aromatic rings. The number of sulfonamides is 1. The SMILES string of the molecule is C=CCOc1cccc(N(CC(=O)O)S(=O)(=O)c2ccccc2[N+](=O)[O-])c1. The Hall–Kier alpha value is -3.40. The van der Waals surface area contributed by atoms with Crippen molar-refractivity contribution >= 4 is 27.4 Å². The fraction of sp³-hybridized carbons (Fsp3) is 0.118. The van der Waals surface area contributed by atoms with Crippen LogP contribution in [-0.4, -0.2) is 37.6 Å². The molecule has 9 nitrogen and oxygen atoms in total. The van der Waals surface area contributed by atoms with Gasteiger partial charge in [-0.05, 0) is 18.2 Å². The monoisotopic (exact) mass is 392 g/mol. The first-order valence-corrected chi connectivity index (χ1v) is 9.03. The summed E-state index contributed by atoms with van der Waals surface area (Å²) >= 11 is 0. The summed E-state index contributed by atoms with van der Waals surface area (Å²) in [5.41, 5.74) is -0.649. The summed E-state index contributed by atoms with van der Waals surface area (Å²) in [6.07, 6.45) is 1.49. The third-order valence-electron chi connectivity index (χ3n) is 3.38. The lowest BCUT2D eigenvalue weighted by molar-refractivity contribution is -0.387. The van der Waals surface area contributed by atoms with E-state index < -0.39 is 38.0 Å². The lowest BCUT2D eigenvalue weighted by atomic mass is 10.3. The molecule has 1 N–H and O–H groups in total. The van der Waals surface area contributed by atoms with E-state index in [9.17, 15) is 23.3 Å². The van der Waals surface area contributed by atoms with Gasteiger partial charge >= 0.3 is 5.97 Å². The summed E-state index contributed by atoms with van der Waals surface area (Å²) in [6, 6.07) is 10.5. The van der Waals surface area contributed by atoms with Gasteiger partial charge in [-0.2, -0.15) is 0 Å². The van der Waals surface area contributed by atoms with Crippen LogP contribution in [0.1, 0.15) is 0 Å². The molecule has 27 heavy (non-hydrogen) atoms. The highest BCUT2D eigenvalue weighted by Gasteiger charge is 2.33. The molecule has 0 aliphatic heterocycles. The molecule has 2 rings (SSSR count). The van der Waals surface area contributed by atoms with Crippen LogP contribution >= 0.6 is 0 Å². The van der Waals surface area contributed by atoms with Gasteiger partial charge in [-0.25, -0.2) is 8.42 Å². The molecule has 2 aromatic carbocycles. The van der Waals surface area contributed by atoms with Gasteiger partial charge < -0.3 is 9.84 Å². The predicted molar refractivity (Wildman–Crippen MR) is 97.4 cm³/mol. The number of aliphatic carboxylic acids is 1. The van der Waals surface area contributed by atoms with Gasteiger partial charge in [-0.3, -0.25) is 19.2 Å². The van der Waals surface area contributed by atoms with Gasteiger partial charge in [0.2, 0.25) is 0 Å². The quantitative estimate of drug-likeness (QED) is 0.394. The number of benzene rings is 2. The van der Waals surface area contributed by atoms with Crippen molar-refractivity contribution in [3.8, 4) is 5.75 Å². The zero-order chi connectivity index (χ0) is 20.0. The van der Waals surface area contributed by atoms with Crippen LogP contribution in [-0.2, 0) is 14.8 Å². The molecular weight excluding hydrogens is 376 g/mol. The van der Waals surface area contributed by atoms with E-state index in [4.69, 9.17) is 9.84 Å². The zero-order valence-electron chi connectivity index (χ0n) is 14.0. The first-order chi connectivity index (χ1) is 12.8. The lowest BCUT2D eigenvalue weighted by Gasteiger charge is -2.23. The van der Waals surface area contributed by atoms with Gasteiger partial charge in [-0.1, -0.05) is 30.9 Å². The van der Waals surface area contributed by atoms with E-state index in [-0.39, 0.29) is 12.3 Å². The minimum absolute atomic E-state index is 0.00267. The van der Waals surface area contributed by atoms with E-state index in [1.165, 1.54) is 36.4 Å². The van der Waals surface area contributed by atoms with Crippen molar-refractivity contribution in [1.82, 2.24) is 0 Å². The summed E-state index contributed by atoms with van der Waals surface area (Å²) in [5, 5.41) is 20.4. The van der Waals surface area contributed by atoms with Crippen LogP contribution in [0.25, 0.3) is 0 Å². The second-order valence-electron chi connectivity index (χ2n) is 5.23. The van der Waals surface area contributed by atoms with E-state index >= 15 is 0 Å². The van der Waals surface area contributed by atoms with E-state index in [0.29, 0.717) is 10.1 Å². The number of nitrogens with zero attached hydrogens (tertiary/aromatic N) is 2. The van der Waals surface area contributed by atoms with Gasteiger partial charge in [-0.15, -0.1) is 0 Å². The molecule has 0 atom stereocenters. The minimum Gasteiger partial charge on any atom is -0.489 e. The van der Waals surface area contributed by atoms with Crippen molar-refractivity contribution in [2.45, 2.75) is 4.90 Å². The summed E-state index contributed by atoms with van der Waals surface area (Å²) in [6.45, 7) is 2.75. The maximum Gasteiger partial charge on any atom is 0.324 e. The van der Waals surface area contributed by atoms with Gasteiger partial charge in [0.25, 0.3) is 15.7 Å². The van der Waals surface area contributed by atoms with E-state index in [2.05, 4.69) is 6.58 Å². The van der Waals surface area contributed by atoms with Crippen LogP contribution in [0.2, 0.25) is 0 Å². The molecule has 0 heterocycles. The number of rotatable bonds is 9. The van der Waals surface area contributed by atoms with Crippen molar-refractivity contribution in [2.24, 2.45) is 0 Å². The maximum atomic E-state index is 13.0. The Bertz CT molecular complexity index is 973. The average molecular weight is 392 g/mol. The summed E-state index contributed by atoms with van der Waals surface area (Å²) in [4.78, 5) is 21.0. The second-order valence-corrected chi connectivity index (χ2v) is 7.06. The smallest absolute Gasteiger partial charge is 0.324 e. The molecule has 0 saturated carbocycles. The van der Waals surface area contributed by atoms with Gasteiger partial charge in [0.15, 0.2) is 4.90 Å². The molecule has 142 valence electrons.